The van der Waals surface area contributed by atoms with Crippen LogP contribution in [-0.4, -0.2) is 39.0 Å². The highest BCUT2D eigenvalue weighted by Crippen LogP contribution is 2.40. The maximum atomic E-state index is 13.2. The zero-order chi connectivity index (χ0) is 25.1. The molecule has 0 bridgehead atoms. The predicted octanol–water partition coefficient (Wildman–Crippen LogP) is 5.89. The number of carbonyl (C=O) groups excluding carboxylic acids is 1. The molecule has 0 aliphatic heterocycles. The van der Waals surface area contributed by atoms with Gasteiger partial charge in [0.15, 0.2) is 0 Å². The van der Waals surface area contributed by atoms with Gasteiger partial charge >= 0.3 is 0 Å². The number of hydrogen-bond donors (Lipinski definition) is 0. The minimum atomic E-state index is -0.599. The van der Waals surface area contributed by atoms with Gasteiger partial charge in [0.25, 0.3) is 5.91 Å². The summed E-state index contributed by atoms with van der Waals surface area (Å²) >= 11 is 0. The molecule has 1 aromatic carbocycles. The Morgan fingerprint density at radius 2 is 1.97 bits per heavy atom. The van der Waals surface area contributed by atoms with Gasteiger partial charge in [0.2, 0.25) is 11.7 Å². The van der Waals surface area contributed by atoms with E-state index in [1.54, 1.807) is 4.90 Å². The molecule has 2 aliphatic rings. The van der Waals surface area contributed by atoms with Crippen molar-refractivity contribution < 1.29 is 13.7 Å². The minimum absolute atomic E-state index is 0.0353. The number of amides is 1. The summed E-state index contributed by atoms with van der Waals surface area (Å²) in [5.41, 5.74) is 4.29. The molecule has 2 fully saturated rings. The van der Waals surface area contributed by atoms with Crippen LogP contribution in [0.2, 0.25) is 0 Å². The van der Waals surface area contributed by atoms with E-state index >= 15 is 0 Å². The molecule has 2 saturated carbocycles. The number of halogens is 1. The van der Waals surface area contributed by atoms with Crippen LogP contribution < -0.4 is 4.90 Å². The Hall–Kier alpha value is -3.29. The lowest BCUT2D eigenvalue weighted by atomic mass is 10.1. The summed E-state index contributed by atoms with van der Waals surface area (Å²) in [5.74, 6) is 2.03. The molecule has 2 aromatic heterocycles. The zero-order valence-corrected chi connectivity index (χ0v) is 21.0. The fraction of sp³-hybridized carbons (Fsp3) is 0.500. The van der Waals surface area contributed by atoms with Crippen LogP contribution in [0.15, 0.2) is 47.0 Å². The molecule has 2 aliphatic carbocycles. The number of aromatic nitrogens is 4. The number of alkyl halides is 1. The van der Waals surface area contributed by atoms with E-state index in [9.17, 15) is 9.18 Å². The zero-order valence-electron chi connectivity index (χ0n) is 21.0. The second-order valence-electron chi connectivity index (χ2n) is 10.0. The first-order chi connectivity index (χ1) is 17.5. The van der Waals surface area contributed by atoms with Crippen LogP contribution in [0, 0.1) is 0 Å². The molecular weight excluding hydrogens is 457 g/mol. The van der Waals surface area contributed by atoms with Crippen LogP contribution in [-0.2, 0) is 18.3 Å². The molecule has 0 spiro atoms. The first kappa shape index (κ1) is 24.4. The molecule has 2 heterocycles. The van der Waals surface area contributed by atoms with Gasteiger partial charge in [-0.2, -0.15) is 10.1 Å². The number of hydrogen-bond acceptors (Lipinski definition) is 5. The normalized spacial score (nSPS) is 15.3. The van der Waals surface area contributed by atoms with E-state index in [-0.39, 0.29) is 17.9 Å². The van der Waals surface area contributed by atoms with Crippen molar-refractivity contribution in [2.24, 2.45) is 7.05 Å². The molecule has 0 saturated heterocycles. The Balaban J connectivity index is 1.23. The predicted molar refractivity (Wildman–Crippen MR) is 137 cm³/mol. The lowest BCUT2D eigenvalue weighted by Crippen LogP contribution is -2.33. The molecule has 0 N–H and O–H groups in total. The molecule has 8 heteroatoms. The average molecular weight is 492 g/mol. The second kappa shape index (κ2) is 10.8. The van der Waals surface area contributed by atoms with Gasteiger partial charge in [0, 0.05) is 54.4 Å². The van der Waals surface area contributed by atoms with Gasteiger partial charge < -0.3 is 9.42 Å². The average Bonchev–Trinajstić information content (AvgIpc) is 3.82. The van der Waals surface area contributed by atoms with Crippen LogP contribution in [0.25, 0.3) is 11.4 Å². The molecule has 0 radical (unpaired) electrons. The molecule has 7 nitrogen and oxygen atoms in total. The third kappa shape index (κ3) is 5.74. The van der Waals surface area contributed by atoms with Crippen LogP contribution in [0.4, 0.5) is 10.1 Å². The van der Waals surface area contributed by atoms with E-state index in [0.29, 0.717) is 30.1 Å². The largest absolute Gasteiger partial charge is 0.339 e. The van der Waals surface area contributed by atoms with Gasteiger partial charge in [-0.15, -0.1) is 0 Å². The summed E-state index contributed by atoms with van der Waals surface area (Å²) in [4.78, 5) is 19.4. The SMILES string of the molecule is C=C(CCF)C(=O)N(CCCCCc1cc(C2CC2)n(C)n1)c1cccc(-c2noc(C3CC3)n2)c1. The fourth-order valence-electron chi connectivity index (χ4n) is 4.60. The highest BCUT2D eigenvalue weighted by Gasteiger charge is 2.30. The van der Waals surface area contributed by atoms with Gasteiger partial charge in [-0.1, -0.05) is 30.3 Å². The summed E-state index contributed by atoms with van der Waals surface area (Å²) in [6.45, 7) is 3.76. The quantitative estimate of drug-likeness (QED) is 0.220. The maximum absolute atomic E-state index is 13.2. The molecule has 190 valence electrons. The number of benzene rings is 1. The Bertz CT molecular complexity index is 1220. The Kier molecular flexibility index (Phi) is 7.30. The number of aryl methyl sites for hydroxylation is 2. The van der Waals surface area contributed by atoms with E-state index in [2.05, 4.69) is 27.9 Å². The topological polar surface area (TPSA) is 77.0 Å². The summed E-state index contributed by atoms with van der Waals surface area (Å²) in [6.07, 6.45) is 8.47. The van der Waals surface area contributed by atoms with Gasteiger partial charge in [-0.05, 0) is 63.1 Å². The van der Waals surface area contributed by atoms with Crippen molar-refractivity contribution >= 4 is 11.6 Å². The Labute approximate surface area is 211 Å². The van der Waals surface area contributed by atoms with E-state index in [1.807, 2.05) is 36.0 Å². The summed E-state index contributed by atoms with van der Waals surface area (Å²) in [6, 6.07) is 9.82. The lowest BCUT2D eigenvalue weighted by Gasteiger charge is -2.24. The van der Waals surface area contributed by atoms with Crippen molar-refractivity contribution in [1.82, 2.24) is 19.9 Å². The third-order valence-corrected chi connectivity index (χ3v) is 7.01. The van der Waals surface area contributed by atoms with E-state index in [1.165, 1.54) is 18.5 Å². The van der Waals surface area contributed by atoms with Crippen molar-refractivity contribution in [3.8, 4) is 11.4 Å². The minimum Gasteiger partial charge on any atom is -0.339 e. The molecule has 0 atom stereocenters. The number of nitrogens with zero attached hydrogens (tertiary/aromatic N) is 5. The maximum Gasteiger partial charge on any atom is 0.253 e. The first-order valence-corrected chi connectivity index (χ1v) is 13.1. The smallest absolute Gasteiger partial charge is 0.253 e. The van der Waals surface area contributed by atoms with Crippen LogP contribution in [0.3, 0.4) is 0 Å². The summed E-state index contributed by atoms with van der Waals surface area (Å²) in [5, 5.41) is 8.80. The molecule has 5 rings (SSSR count). The first-order valence-electron chi connectivity index (χ1n) is 13.1. The van der Waals surface area contributed by atoms with Crippen molar-refractivity contribution in [2.45, 2.75) is 69.6 Å². The van der Waals surface area contributed by atoms with Crippen molar-refractivity contribution in [1.29, 1.82) is 0 Å². The Morgan fingerprint density at radius 3 is 2.72 bits per heavy atom. The highest BCUT2D eigenvalue weighted by molar-refractivity contribution is 6.05. The van der Waals surface area contributed by atoms with E-state index < -0.39 is 6.67 Å². The monoisotopic (exact) mass is 491 g/mol. The van der Waals surface area contributed by atoms with Crippen molar-refractivity contribution in [3.05, 3.63) is 59.8 Å². The second-order valence-corrected chi connectivity index (χ2v) is 10.0. The van der Waals surface area contributed by atoms with Gasteiger partial charge in [0.05, 0.1) is 12.4 Å². The van der Waals surface area contributed by atoms with Crippen LogP contribution >= 0.6 is 0 Å². The number of rotatable bonds is 13. The number of carbonyl (C=O) groups is 1. The molecule has 3 aromatic rings. The lowest BCUT2D eigenvalue weighted by molar-refractivity contribution is -0.115. The summed E-state index contributed by atoms with van der Waals surface area (Å²) in [7, 11) is 2.03. The highest BCUT2D eigenvalue weighted by atomic mass is 19.1. The molecule has 36 heavy (non-hydrogen) atoms. The molecule has 0 unspecified atom stereocenters. The van der Waals surface area contributed by atoms with Crippen molar-refractivity contribution in [3.63, 3.8) is 0 Å². The van der Waals surface area contributed by atoms with Gasteiger partial charge in [0.1, 0.15) is 0 Å². The molecule has 1 amide bonds. The van der Waals surface area contributed by atoms with E-state index in [4.69, 9.17) is 4.52 Å². The third-order valence-electron chi connectivity index (χ3n) is 7.01. The van der Waals surface area contributed by atoms with Crippen LogP contribution in [0.5, 0.6) is 0 Å². The standard InChI is InChI=1S/C28H34FN5O2/c1-19(14-15-29)28(35)34(16-5-3-4-8-23-18-25(20-10-11-20)33(2)31-23)24-9-6-7-22(17-24)26-30-27(36-32-26)21-12-13-21/h6-7,9,17-18,20-21H,1,3-5,8,10-16H2,2H3. The van der Waals surface area contributed by atoms with Crippen molar-refractivity contribution in [2.75, 3.05) is 18.1 Å². The molecular formula is C28H34FN5O2. The van der Waals surface area contributed by atoms with Crippen LogP contribution in [0.1, 0.15) is 80.5 Å². The number of unbranched alkanes of at least 4 members (excludes halogenated alkanes) is 2. The fourth-order valence-corrected chi connectivity index (χ4v) is 4.60. The van der Waals surface area contributed by atoms with Gasteiger partial charge in [-0.3, -0.25) is 13.9 Å². The Morgan fingerprint density at radius 1 is 1.17 bits per heavy atom. The van der Waals surface area contributed by atoms with Gasteiger partial charge in [-0.25, -0.2) is 0 Å². The van der Waals surface area contributed by atoms with E-state index in [0.717, 1.165) is 55.5 Å². The summed E-state index contributed by atoms with van der Waals surface area (Å²) < 4.78 is 20.4. The number of anilines is 1.